The summed E-state index contributed by atoms with van der Waals surface area (Å²) in [5.74, 6) is 1.10. The van der Waals surface area contributed by atoms with Crippen molar-refractivity contribution in [3.8, 4) is 11.5 Å². The molecule has 7 nitrogen and oxygen atoms in total. The van der Waals surface area contributed by atoms with Gasteiger partial charge in [-0.15, -0.1) is 0 Å². The van der Waals surface area contributed by atoms with Gasteiger partial charge in [-0.25, -0.2) is 0 Å². The summed E-state index contributed by atoms with van der Waals surface area (Å²) in [6.07, 6.45) is 1.47. The summed E-state index contributed by atoms with van der Waals surface area (Å²) in [5, 5.41) is 5.94. The van der Waals surface area contributed by atoms with E-state index in [-0.39, 0.29) is 17.7 Å². The van der Waals surface area contributed by atoms with E-state index in [2.05, 4.69) is 21.6 Å². The lowest BCUT2D eigenvalue weighted by Crippen LogP contribution is -2.41. The Morgan fingerprint density at radius 3 is 2.16 bits per heavy atom. The highest BCUT2D eigenvalue weighted by Crippen LogP contribution is 2.29. The van der Waals surface area contributed by atoms with Gasteiger partial charge in [0.1, 0.15) is 0 Å². The molecule has 3 rings (SSSR count). The summed E-state index contributed by atoms with van der Waals surface area (Å²) in [6, 6.07) is 11.3. The Labute approximate surface area is 183 Å². The fraction of sp³-hybridized carbons (Fsp3) is 0.417. The standard InChI is InChI=1S/C24H31N3O4/c1-16-11-17(2)13-20(12-16)26-24(29)18-7-9-27(10-8-18)15-23(28)25-19-5-6-21(30-3)22(14-19)31-4/h5-6,11-14,18H,7-10,15H2,1-4H3,(H,25,28)(H,26,29). The molecule has 2 aromatic carbocycles. The monoisotopic (exact) mass is 425 g/mol. The van der Waals surface area contributed by atoms with Gasteiger partial charge in [-0.05, 0) is 75.2 Å². The fourth-order valence-electron chi connectivity index (χ4n) is 3.96. The van der Waals surface area contributed by atoms with Gasteiger partial charge in [-0.2, -0.15) is 0 Å². The number of carbonyl (C=O) groups excluding carboxylic acids is 2. The maximum atomic E-state index is 12.6. The van der Waals surface area contributed by atoms with Crippen molar-refractivity contribution in [2.75, 3.05) is 44.5 Å². The van der Waals surface area contributed by atoms with Gasteiger partial charge in [0.2, 0.25) is 11.8 Å². The first kappa shape index (κ1) is 22.6. The van der Waals surface area contributed by atoms with Crippen LogP contribution < -0.4 is 20.1 Å². The number of hydrogen-bond donors (Lipinski definition) is 2. The van der Waals surface area contributed by atoms with E-state index in [9.17, 15) is 9.59 Å². The Hall–Kier alpha value is -3.06. The molecule has 31 heavy (non-hydrogen) atoms. The molecule has 7 heteroatoms. The number of carbonyl (C=O) groups is 2. The third-order valence-electron chi connectivity index (χ3n) is 5.48. The topological polar surface area (TPSA) is 79.9 Å². The number of benzene rings is 2. The Morgan fingerprint density at radius 2 is 1.55 bits per heavy atom. The average molecular weight is 426 g/mol. The van der Waals surface area contributed by atoms with Gasteiger partial charge in [0.05, 0.1) is 20.8 Å². The molecule has 0 aromatic heterocycles. The number of likely N-dealkylation sites (tertiary alicyclic amines) is 1. The molecular formula is C24H31N3O4. The Morgan fingerprint density at radius 1 is 0.903 bits per heavy atom. The van der Waals surface area contributed by atoms with Crippen molar-refractivity contribution in [2.45, 2.75) is 26.7 Å². The zero-order valence-electron chi connectivity index (χ0n) is 18.7. The number of hydrogen-bond acceptors (Lipinski definition) is 5. The molecule has 0 aliphatic carbocycles. The molecule has 2 amide bonds. The van der Waals surface area contributed by atoms with Crippen molar-refractivity contribution < 1.29 is 19.1 Å². The minimum absolute atomic E-state index is 0.0361. The van der Waals surface area contributed by atoms with Crippen LogP contribution in [0.25, 0.3) is 0 Å². The van der Waals surface area contributed by atoms with Gasteiger partial charge < -0.3 is 20.1 Å². The highest BCUT2D eigenvalue weighted by Gasteiger charge is 2.26. The SMILES string of the molecule is COc1ccc(NC(=O)CN2CCC(C(=O)Nc3cc(C)cc(C)c3)CC2)cc1OC. The van der Waals surface area contributed by atoms with E-state index in [0.29, 0.717) is 36.8 Å². The number of anilines is 2. The number of piperidine rings is 1. The fourth-order valence-corrected chi connectivity index (χ4v) is 3.96. The van der Waals surface area contributed by atoms with Crippen LogP contribution in [-0.4, -0.2) is 50.6 Å². The molecule has 1 fully saturated rings. The molecular weight excluding hydrogens is 394 g/mol. The molecule has 1 aliphatic heterocycles. The van der Waals surface area contributed by atoms with E-state index in [1.807, 2.05) is 26.0 Å². The molecule has 1 heterocycles. The largest absolute Gasteiger partial charge is 0.493 e. The van der Waals surface area contributed by atoms with Crippen molar-refractivity contribution in [3.63, 3.8) is 0 Å². The van der Waals surface area contributed by atoms with E-state index >= 15 is 0 Å². The predicted molar refractivity (Wildman–Crippen MR) is 122 cm³/mol. The molecule has 1 aliphatic rings. The summed E-state index contributed by atoms with van der Waals surface area (Å²) in [7, 11) is 3.13. The number of methoxy groups -OCH3 is 2. The lowest BCUT2D eigenvalue weighted by molar-refractivity contribution is -0.121. The lowest BCUT2D eigenvalue weighted by Gasteiger charge is -2.30. The predicted octanol–water partition coefficient (Wildman–Crippen LogP) is 3.61. The summed E-state index contributed by atoms with van der Waals surface area (Å²) < 4.78 is 10.5. The van der Waals surface area contributed by atoms with Gasteiger partial charge in [0.15, 0.2) is 11.5 Å². The first-order chi connectivity index (χ1) is 14.9. The minimum Gasteiger partial charge on any atom is -0.493 e. The summed E-state index contributed by atoms with van der Waals surface area (Å²) in [4.78, 5) is 27.2. The second-order valence-corrected chi connectivity index (χ2v) is 8.03. The summed E-state index contributed by atoms with van der Waals surface area (Å²) in [5.41, 5.74) is 3.76. The number of aryl methyl sites for hydroxylation is 2. The number of amides is 2. The van der Waals surface area contributed by atoms with Crippen LogP contribution in [0.15, 0.2) is 36.4 Å². The van der Waals surface area contributed by atoms with Crippen molar-refractivity contribution >= 4 is 23.2 Å². The third kappa shape index (κ3) is 6.21. The Kier molecular flexibility index (Phi) is 7.52. The van der Waals surface area contributed by atoms with E-state index < -0.39 is 0 Å². The molecule has 0 spiro atoms. The number of nitrogens with zero attached hydrogens (tertiary/aromatic N) is 1. The minimum atomic E-state index is -0.0923. The highest BCUT2D eigenvalue weighted by atomic mass is 16.5. The van der Waals surface area contributed by atoms with Gasteiger partial charge >= 0.3 is 0 Å². The van der Waals surface area contributed by atoms with E-state index in [1.165, 1.54) is 0 Å². The van der Waals surface area contributed by atoms with E-state index in [4.69, 9.17) is 9.47 Å². The van der Waals surface area contributed by atoms with E-state index in [0.717, 1.165) is 29.7 Å². The molecule has 0 atom stereocenters. The van der Waals surface area contributed by atoms with Crippen LogP contribution >= 0.6 is 0 Å². The highest BCUT2D eigenvalue weighted by molar-refractivity contribution is 5.93. The van der Waals surface area contributed by atoms with Crippen LogP contribution in [0.2, 0.25) is 0 Å². The first-order valence-corrected chi connectivity index (χ1v) is 10.5. The zero-order chi connectivity index (χ0) is 22.4. The number of ether oxygens (including phenoxy) is 2. The second-order valence-electron chi connectivity index (χ2n) is 8.03. The van der Waals surface area contributed by atoms with Crippen molar-refractivity contribution in [1.82, 2.24) is 4.90 Å². The molecule has 2 aromatic rings. The molecule has 0 radical (unpaired) electrons. The average Bonchev–Trinajstić information content (AvgIpc) is 2.73. The smallest absolute Gasteiger partial charge is 0.238 e. The van der Waals surface area contributed by atoms with Gasteiger partial charge in [-0.3, -0.25) is 14.5 Å². The Bertz CT molecular complexity index is 916. The van der Waals surface area contributed by atoms with E-state index in [1.54, 1.807) is 32.4 Å². The molecule has 1 saturated heterocycles. The summed E-state index contributed by atoms with van der Waals surface area (Å²) in [6.45, 7) is 5.76. The molecule has 2 N–H and O–H groups in total. The van der Waals surface area contributed by atoms with Crippen LogP contribution in [-0.2, 0) is 9.59 Å². The van der Waals surface area contributed by atoms with Crippen molar-refractivity contribution in [1.29, 1.82) is 0 Å². The van der Waals surface area contributed by atoms with Crippen LogP contribution in [0, 0.1) is 19.8 Å². The van der Waals surface area contributed by atoms with Crippen LogP contribution in [0.1, 0.15) is 24.0 Å². The van der Waals surface area contributed by atoms with Crippen molar-refractivity contribution in [3.05, 3.63) is 47.5 Å². The molecule has 0 bridgehead atoms. The van der Waals surface area contributed by atoms with Gasteiger partial charge in [0.25, 0.3) is 0 Å². The van der Waals surface area contributed by atoms with Gasteiger partial charge in [0, 0.05) is 23.4 Å². The molecule has 166 valence electrons. The second kappa shape index (κ2) is 10.3. The number of rotatable bonds is 7. The zero-order valence-corrected chi connectivity index (χ0v) is 18.7. The maximum Gasteiger partial charge on any atom is 0.238 e. The van der Waals surface area contributed by atoms with Gasteiger partial charge in [-0.1, -0.05) is 6.07 Å². The number of nitrogens with one attached hydrogen (secondary N) is 2. The van der Waals surface area contributed by atoms with Crippen LogP contribution in [0.3, 0.4) is 0 Å². The molecule has 0 unspecified atom stereocenters. The normalized spacial score (nSPS) is 14.7. The van der Waals surface area contributed by atoms with Crippen LogP contribution in [0.4, 0.5) is 11.4 Å². The first-order valence-electron chi connectivity index (χ1n) is 10.5. The summed E-state index contributed by atoms with van der Waals surface area (Å²) >= 11 is 0. The third-order valence-corrected chi connectivity index (χ3v) is 5.48. The maximum absolute atomic E-state index is 12.6. The quantitative estimate of drug-likeness (QED) is 0.708. The molecule has 0 saturated carbocycles. The van der Waals surface area contributed by atoms with Crippen LogP contribution in [0.5, 0.6) is 11.5 Å². The lowest BCUT2D eigenvalue weighted by atomic mass is 9.95. The Balaban J connectivity index is 1.47. The van der Waals surface area contributed by atoms with Crippen molar-refractivity contribution in [2.24, 2.45) is 5.92 Å².